The molecule has 0 atom stereocenters. The molecule has 0 saturated carbocycles. The van der Waals surface area contributed by atoms with E-state index in [-0.39, 0.29) is 0 Å². The van der Waals surface area contributed by atoms with Gasteiger partial charge in [-0.1, -0.05) is 0 Å². The smallest absolute Gasteiger partial charge is 0.337 e. The maximum absolute atomic E-state index is 11.2. The molecular weight excluding hydrogens is 258 g/mol. The number of carboxylic acids is 1. The van der Waals surface area contributed by atoms with Gasteiger partial charge in [-0.25, -0.2) is 4.79 Å². The lowest BCUT2D eigenvalue weighted by atomic mass is 10.1. The standard InChI is InChI=1S/C15H15NO4/c1-9-11(15(17)18)8-12(16(9)2)10-3-4-13-14(7-10)20-6-5-19-13/h3-4,7-8H,5-6H2,1-2H3,(H,17,18). The zero-order chi connectivity index (χ0) is 14.3. The Hall–Kier alpha value is -2.43. The molecule has 0 unspecified atom stereocenters. The molecule has 5 heteroatoms. The Labute approximate surface area is 116 Å². The van der Waals surface area contributed by atoms with Gasteiger partial charge in [0.2, 0.25) is 0 Å². The highest BCUT2D eigenvalue weighted by atomic mass is 16.6. The molecule has 0 fully saturated rings. The van der Waals surface area contributed by atoms with Crippen molar-refractivity contribution in [2.24, 2.45) is 7.05 Å². The highest BCUT2D eigenvalue weighted by molar-refractivity contribution is 5.91. The quantitative estimate of drug-likeness (QED) is 0.913. The molecular formula is C15H15NO4. The molecule has 1 aliphatic heterocycles. The summed E-state index contributed by atoms with van der Waals surface area (Å²) >= 11 is 0. The Kier molecular flexibility index (Phi) is 2.89. The number of rotatable bonds is 2. The van der Waals surface area contributed by atoms with Gasteiger partial charge in [0.1, 0.15) is 13.2 Å². The van der Waals surface area contributed by atoms with Crippen LogP contribution in [0.1, 0.15) is 16.1 Å². The van der Waals surface area contributed by atoms with Crippen molar-refractivity contribution in [3.8, 4) is 22.8 Å². The first-order valence-electron chi connectivity index (χ1n) is 6.37. The Bertz CT molecular complexity index is 687. The molecule has 2 aromatic rings. The summed E-state index contributed by atoms with van der Waals surface area (Å²) in [6.45, 7) is 2.88. The SMILES string of the molecule is Cc1c(C(=O)O)cc(-c2ccc3c(c2)OCCO3)n1C. The third-order valence-electron chi connectivity index (χ3n) is 3.60. The summed E-state index contributed by atoms with van der Waals surface area (Å²) in [5.74, 6) is 0.510. The molecule has 1 N–H and O–H groups in total. The van der Waals surface area contributed by atoms with Gasteiger partial charge in [-0.2, -0.15) is 0 Å². The Morgan fingerprint density at radius 1 is 1.20 bits per heavy atom. The minimum Gasteiger partial charge on any atom is -0.486 e. The maximum atomic E-state index is 11.2. The van der Waals surface area contributed by atoms with Gasteiger partial charge in [-0.15, -0.1) is 0 Å². The van der Waals surface area contributed by atoms with Gasteiger partial charge in [0.25, 0.3) is 0 Å². The van der Waals surface area contributed by atoms with Crippen molar-refractivity contribution in [3.63, 3.8) is 0 Å². The van der Waals surface area contributed by atoms with E-state index in [0.717, 1.165) is 22.7 Å². The van der Waals surface area contributed by atoms with E-state index in [1.165, 1.54) is 0 Å². The molecule has 104 valence electrons. The minimum atomic E-state index is -0.915. The lowest BCUT2D eigenvalue weighted by Gasteiger charge is -2.19. The summed E-state index contributed by atoms with van der Waals surface area (Å²) < 4.78 is 12.9. The van der Waals surface area contributed by atoms with Crippen LogP contribution in [-0.4, -0.2) is 28.9 Å². The molecule has 20 heavy (non-hydrogen) atoms. The number of ether oxygens (including phenoxy) is 2. The van der Waals surface area contributed by atoms with Gasteiger partial charge in [0, 0.05) is 24.0 Å². The molecule has 0 amide bonds. The average molecular weight is 273 g/mol. The predicted molar refractivity (Wildman–Crippen MR) is 73.5 cm³/mol. The molecule has 5 nitrogen and oxygen atoms in total. The lowest BCUT2D eigenvalue weighted by molar-refractivity contribution is 0.0696. The van der Waals surface area contributed by atoms with Gasteiger partial charge >= 0.3 is 5.97 Å². The molecule has 0 aliphatic carbocycles. The molecule has 2 heterocycles. The number of aromatic carboxylic acids is 1. The fourth-order valence-corrected chi connectivity index (χ4v) is 2.40. The molecule has 1 aliphatic rings. The minimum absolute atomic E-state index is 0.317. The van der Waals surface area contributed by atoms with Crippen molar-refractivity contribution in [3.05, 3.63) is 35.5 Å². The van der Waals surface area contributed by atoms with Crippen LogP contribution in [0.4, 0.5) is 0 Å². The van der Waals surface area contributed by atoms with Crippen LogP contribution in [0.5, 0.6) is 11.5 Å². The van der Waals surface area contributed by atoms with Crippen molar-refractivity contribution >= 4 is 5.97 Å². The monoisotopic (exact) mass is 273 g/mol. The van der Waals surface area contributed by atoms with Crippen molar-refractivity contribution in [2.45, 2.75) is 6.92 Å². The Morgan fingerprint density at radius 2 is 1.90 bits per heavy atom. The van der Waals surface area contributed by atoms with E-state index in [9.17, 15) is 9.90 Å². The second-order valence-electron chi connectivity index (χ2n) is 4.75. The fourth-order valence-electron chi connectivity index (χ4n) is 2.40. The number of hydrogen-bond acceptors (Lipinski definition) is 3. The summed E-state index contributed by atoms with van der Waals surface area (Å²) in [7, 11) is 1.86. The second kappa shape index (κ2) is 4.59. The lowest BCUT2D eigenvalue weighted by Crippen LogP contribution is -2.15. The summed E-state index contributed by atoms with van der Waals surface area (Å²) in [5.41, 5.74) is 2.80. The van der Waals surface area contributed by atoms with E-state index in [4.69, 9.17) is 9.47 Å². The molecule has 0 saturated heterocycles. The molecule has 0 spiro atoms. The van der Waals surface area contributed by atoms with E-state index in [2.05, 4.69) is 0 Å². The van der Waals surface area contributed by atoms with Gasteiger partial charge in [0.15, 0.2) is 11.5 Å². The fraction of sp³-hybridized carbons (Fsp3) is 0.267. The van der Waals surface area contributed by atoms with Gasteiger partial charge in [0.05, 0.1) is 5.56 Å². The van der Waals surface area contributed by atoms with E-state index in [1.54, 1.807) is 13.0 Å². The largest absolute Gasteiger partial charge is 0.486 e. The zero-order valence-corrected chi connectivity index (χ0v) is 11.3. The van der Waals surface area contributed by atoms with Crippen molar-refractivity contribution < 1.29 is 19.4 Å². The molecule has 3 rings (SSSR count). The number of carboxylic acid groups (broad SMARTS) is 1. The highest BCUT2D eigenvalue weighted by Gasteiger charge is 2.18. The molecule has 0 radical (unpaired) electrons. The van der Waals surface area contributed by atoms with Crippen molar-refractivity contribution in [1.82, 2.24) is 4.57 Å². The predicted octanol–water partition coefficient (Wildman–Crippen LogP) is 2.47. The summed E-state index contributed by atoms with van der Waals surface area (Å²) in [6.07, 6.45) is 0. The third kappa shape index (κ3) is 1.91. The number of carbonyl (C=O) groups is 1. The average Bonchev–Trinajstić information content (AvgIpc) is 2.75. The van der Waals surface area contributed by atoms with Gasteiger partial charge in [-0.05, 0) is 31.2 Å². The van der Waals surface area contributed by atoms with Gasteiger partial charge in [-0.3, -0.25) is 0 Å². The Balaban J connectivity index is 2.09. The van der Waals surface area contributed by atoms with Crippen LogP contribution < -0.4 is 9.47 Å². The van der Waals surface area contributed by atoms with Crippen LogP contribution in [0.25, 0.3) is 11.3 Å². The van der Waals surface area contributed by atoms with Crippen LogP contribution in [0.3, 0.4) is 0 Å². The Morgan fingerprint density at radius 3 is 2.55 bits per heavy atom. The number of fused-ring (bicyclic) bond motifs is 1. The maximum Gasteiger partial charge on any atom is 0.337 e. The molecule has 0 bridgehead atoms. The van der Waals surface area contributed by atoms with Crippen LogP contribution in [0.2, 0.25) is 0 Å². The second-order valence-corrected chi connectivity index (χ2v) is 4.75. The number of aromatic nitrogens is 1. The van der Waals surface area contributed by atoms with E-state index < -0.39 is 5.97 Å². The molecule has 1 aromatic heterocycles. The van der Waals surface area contributed by atoms with Gasteiger partial charge < -0.3 is 19.1 Å². The van der Waals surface area contributed by atoms with Crippen LogP contribution in [0, 0.1) is 6.92 Å². The molecule has 1 aromatic carbocycles. The van der Waals surface area contributed by atoms with Crippen molar-refractivity contribution in [2.75, 3.05) is 13.2 Å². The first kappa shape index (κ1) is 12.6. The van der Waals surface area contributed by atoms with Crippen LogP contribution >= 0.6 is 0 Å². The number of benzene rings is 1. The zero-order valence-electron chi connectivity index (χ0n) is 11.3. The number of nitrogens with zero attached hydrogens (tertiary/aromatic N) is 1. The summed E-state index contributed by atoms with van der Waals surface area (Å²) in [4.78, 5) is 11.2. The normalized spacial score (nSPS) is 13.3. The van der Waals surface area contributed by atoms with E-state index in [1.807, 2.05) is 29.8 Å². The third-order valence-corrected chi connectivity index (χ3v) is 3.60. The van der Waals surface area contributed by atoms with Crippen molar-refractivity contribution in [1.29, 1.82) is 0 Å². The number of hydrogen-bond donors (Lipinski definition) is 1. The van der Waals surface area contributed by atoms with Crippen LogP contribution in [0.15, 0.2) is 24.3 Å². The highest BCUT2D eigenvalue weighted by Crippen LogP contribution is 2.35. The van der Waals surface area contributed by atoms with E-state index in [0.29, 0.717) is 24.5 Å². The topological polar surface area (TPSA) is 60.7 Å². The van der Waals surface area contributed by atoms with Crippen LogP contribution in [-0.2, 0) is 7.05 Å². The summed E-state index contributed by atoms with van der Waals surface area (Å²) in [5, 5.41) is 9.18. The first-order valence-corrected chi connectivity index (χ1v) is 6.37. The first-order chi connectivity index (χ1) is 9.58. The summed E-state index contributed by atoms with van der Waals surface area (Å²) in [6, 6.07) is 7.33. The van der Waals surface area contributed by atoms with E-state index >= 15 is 0 Å².